The molecule has 6 heteroatoms. The number of methoxy groups -OCH3 is 1. The zero-order valence-corrected chi connectivity index (χ0v) is 18.6. The number of carbonyl (C=O) groups excluding carboxylic acids is 1. The molecule has 0 saturated carbocycles. The minimum Gasteiger partial charge on any atom is -0.493 e. The van der Waals surface area contributed by atoms with E-state index in [1.165, 1.54) is 6.42 Å². The third-order valence-corrected chi connectivity index (χ3v) is 5.76. The van der Waals surface area contributed by atoms with Gasteiger partial charge in [-0.1, -0.05) is 25.1 Å². The molecule has 0 spiro atoms. The van der Waals surface area contributed by atoms with Crippen LogP contribution in [-0.4, -0.2) is 35.7 Å². The van der Waals surface area contributed by atoms with Crippen molar-refractivity contribution in [2.24, 2.45) is 5.92 Å². The van der Waals surface area contributed by atoms with E-state index in [0.29, 0.717) is 30.1 Å². The van der Waals surface area contributed by atoms with Gasteiger partial charge in [-0.3, -0.25) is 4.79 Å². The number of aromatic nitrogens is 1. The summed E-state index contributed by atoms with van der Waals surface area (Å²) in [5.74, 6) is 2.55. The second kappa shape index (κ2) is 9.83. The zero-order chi connectivity index (χ0) is 21.7. The van der Waals surface area contributed by atoms with Crippen LogP contribution < -0.4 is 9.47 Å². The van der Waals surface area contributed by atoms with E-state index in [9.17, 15) is 4.79 Å². The summed E-state index contributed by atoms with van der Waals surface area (Å²) in [7, 11) is 1.61. The van der Waals surface area contributed by atoms with E-state index in [1.54, 1.807) is 13.2 Å². The normalized spacial score (nSPS) is 17.0. The van der Waals surface area contributed by atoms with Crippen LogP contribution in [-0.2, 0) is 11.4 Å². The fourth-order valence-corrected chi connectivity index (χ4v) is 3.95. The summed E-state index contributed by atoms with van der Waals surface area (Å²) in [6.45, 7) is 9.33. The molecule has 1 aromatic heterocycles. The Morgan fingerprint density at radius 2 is 2.10 bits per heavy atom. The third-order valence-electron chi connectivity index (χ3n) is 5.76. The van der Waals surface area contributed by atoms with Crippen LogP contribution in [0.3, 0.4) is 0 Å². The van der Waals surface area contributed by atoms with Gasteiger partial charge in [0.1, 0.15) is 12.4 Å². The highest BCUT2D eigenvalue weighted by Crippen LogP contribution is 2.30. The minimum absolute atomic E-state index is 0.0751. The second-order valence-corrected chi connectivity index (χ2v) is 8.17. The fraction of sp³-hybridized carbons (Fsp3) is 0.500. The van der Waals surface area contributed by atoms with Gasteiger partial charge in [-0.05, 0) is 62.8 Å². The minimum atomic E-state index is 0.0751. The van der Waals surface area contributed by atoms with Crippen molar-refractivity contribution in [1.29, 1.82) is 0 Å². The predicted octanol–water partition coefficient (Wildman–Crippen LogP) is 4.93. The van der Waals surface area contributed by atoms with Gasteiger partial charge >= 0.3 is 0 Å². The number of likely N-dealkylation sites (tertiary alicyclic amines) is 1. The highest BCUT2D eigenvalue weighted by molar-refractivity contribution is 5.92. The van der Waals surface area contributed by atoms with Crippen molar-refractivity contribution in [2.45, 2.75) is 59.6 Å². The van der Waals surface area contributed by atoms with Gasteiger partial charge in [0, 0.05) is 18.7 Å². The Bertz CT molecular complexity index is 881. The summed E-state index contributed by atoms with van der Waals surface area (Å²) in [5, 5.41) is 3.95. The van der Waals surface area contributed by atoms with Crippen LogP contribution in [0.2, 0.25) is 0 Å². The van der Waals surface area contributed by atoms with Gasteiger partial charge in [0.05, 0.1) is 18.4 Å². The molecule has 1 amide bonds. The Kier molecular flexibility index (Phi) is 7.19. The zero-order valence-electron chi connectivity index (χ0n) is 18.6. The molecule has 1 saturated heterocycles. The highest BCUT2D eigenvalue weighted by Gasteiger charge is 2.27. The van der Waals surface area contributed by atoms with Crippen LogP contribution >= 0.6 is 0 Å². The monoisotopic (exact) mass is 412 g/mol. The topological polar surface area (TPSA) is 64.8 Å². The lowest BCUT2D eigenvalue weighted by atomic mass is 9.92. The summed E-state index contributed by atoms with van der Waals surface area (Å²) in [6.07, 6.45) is 6.87. The Hall–Kier alpha value is -2.76. The first-order chi connectivity index (χ1) is 14.4. The van der Waals surface area contributed by atoms with Crippen molar-refractivity contribution in [3.05, 3.63) is 46.9 Å². The molecule has 1 fully saturated rings. The first-order valence-corrected chi connectivity index (χ1v) is 10.6. The Labute approximate surface area is 178 Å². The van der Waals surface area contributed by atoms with Gasteiger partial charge < -0.3 is 18.9 Å². The Morgan fingerprint density at radius 1 is 1.30 bits per heavy atom. The summed E-state index contributed by atoms with van der Waals surface area (Å²) in [6, 6.07) is 5.98. The maximum atomic E-state index is 12.8. The molecule has 0 aliphatic carbocycles. The number of hydrogen-bond acceptors (Lipinski definition) is 5. The van der Waals surface area contributed by atoms with Crippen LogP contribution in [0.5, 0.6) is 11.5 Å². The number of aryl methyl sites for hydroxylation is 2. The van der Waals surface area contributed by atoms with Crippen molar-refractivity contribution in [1.82, 2.24) is 10.1 Å². The third kappa shape index (κ3) is 5.04. The van der Waals surface area contributed by atoms with Crippen LogP contribution in [0.25, 0.3) is 6.08 Å². The average Bonchev–Trinajstić information content (AvgIpc) is 3.07. The van der Waals surface area contributed by atoms with E-state index in [2.05, 4.69) is 19.0 Å². The van der Waals surface area contributed by atoms with E-state index >= 15 is 0 Å². The van der Waals surface area contributed by atoms with E-state index in [1.807, 2.05) is 43.0 Å². The molecule has 30 heavy (non-hydrogen) atoms. The smallest absolute Gasteiger partial charge is 0.246 e. The van der Waals surface area contributed by atoms with E-state index in [-0.39, 0.29) is 5.91 Å². The number of rotatable bonds is 7. The lowest BCUT2D eigenvalue weighted by Gasteiger charge is -2.37. The van der Waals surface area contributed by atoms with Gasteiger partial charge in [-0.2, -0.15) is 0 Å². The molecule has 0 bridgehead atoms. The Balaban J connectivity index is 1.68. The summed E-state index contributed by atoms with van der Waals surface area (Å²) in [5.41, 5.74) is 2.65. The molecule has 1 aromatic carbocycles. The van der Waals surface area contributed by atoms with Gasteiger partial charge in [-0.15, -0.1) is 0 Å². The molecule has 1 aliphatic rings. The molecule has 2 aromatic rings. The number of carbonyl (C=O) groups is 1. The maximum absolute atomic E-state index is 12.8. The van der Waals surface area contributed by atoms with E-state index in [4.69, 9.17) is 14.0 Å². The van der Waals surface area contributed by atoms with Crippen LogP contribution in [0, 0.1) is 19.8 Å². The molecule has 1 unspecified atom stereocenters. The fourth-order valence-electron chi connectivity index (χ4n) is 3.95. The lowest BCUT2D eigenvalue weighted by molar-refractivity contribution is -0.130. The largest absolute Gasteiger partial charge is 0.493 e. The highest BCUT2D eigenvalue weighted by atomic mass is 16.5. The second-order valence-electron chi connectivity index (χ2n) is 8.17. The lowest BCUT2D eigenvalue weighted by Crippen LogP contribution is -2.45. The molecule has 0 N–H and O–H groups in total. The maximum Gasteiger partial charge on any atom is 0.246 e. The van der Waals surface area contributed by atoms with Crippen molar-refractivity contribution in [2.75, 3.05) is 13.7 Å². The quantitative estimate of drug-likeness (QED) is 0.604. The van der Waals surface area contributed by atoms with Crippen molar-refractivity contribution in [3.63, 3.8) is 0 Å². The summed E-state index contributed by atoms with van der Waals surface area (Å²) in [4.78, 5) is 14.8. The summed E-state index contributed by atoms with van der Waals surface area (Å²) >= 11 is 0. The molecule has 0 radical (unpaired) electrons. The summed E-state index contributed by atoms with van der Waals surface area (Å²) < 4.78 is 16.6. The first-order valence-electron chi connectivity index (χ1n) is 10.6. The molecular formula is C24H32N2O4. The standard InChI is InChI=1S/C24H32N2O4/c1-16(2)21-8-6-7-13-26(21)24(27)12-10-19-9-11-22(23(14-19)28-5)29-15-20-17(3)25-30-18(20)4/h9-12,14,16,21H,6-8,13,15H2,1-5H3. The van der Waals surface area contributed by atoms with Crippen molar-refractivity contribution in [3.8, 4) is 11.5 Å². The first kappa shape index (κ1) is 21.9. The molecule has 1 atom stereocenters. The van der Waals surface area contributed by atoms with Gasteiger partial charge in [-0.25, -0.2) is 0 Å². The van der Waals surface area contributed by atoms with E-state index in [0.717, 1.165) is 42.0 Å². The number of hydrogen-bond donors (Lipinski definition) is 0. The van der Waals surface area contributed by atoms with Crippen molar-refractivity contribution < 1.29 is 18.8 Å². The van der Waals surface area contributed by atoms with Crippen LogP contribution in [0.15, 0.2) is 28.8 Å². The average molecular weight is 413 g/mol. The number of benzene rings is 1. The molecular weight excluding hydrogens is 380 g/mol. The Morgan fingerprint density at radius 3 is 2.77 bits per heavy atom. The number of piperidine rings is 1. The van der Waals surface area contributed by atoms with Crippen LogP contribution in [0.4, 0.5) is 0 Å². The number of ether oxygens (including phenoxy) is 2. The molecule has 6 nitrogen and oxygen atoms in total. The van der Waals surface area contributed by atoms with E-state index < -0.39 is 0 Å². The molecule has 3 rings (SSSR count). The van der Waals surface area contributed by atoms with Crippen molar-refractivity contribution >= 4 is 12.0 Å². The molecule has 2 heterocycles. The molecule has 1 aliphatic heterocycles. The van der Waals surface area contributed by atoms with Crippen LogP contribution in [0.1, 0.15) is 55.7 Å². The van der Waals surface area contributed by atoms with Gasteiger partial charge in [0.25, 0.3) is 0 Å². The SMILES string of the molecule is COc1cc(C=CC(=O)N2CCCCC2C(C)C)ccc1OCc1c(C)noc1C. The molecule has 162 valence electrons. The number of nitrogens with zero attached hydrogens (tertiary/aromatic N) is 2. The number of amides is 1. The van der Waals surface area contributed by atoms with Gasteiger partial charge in [0.2, 0.25) is 5.91 Å². The predicted molar refractivity (Wildman–Crippen MR) is 117 cm³/mol. The van der Waals surface area contributed by atoms with Gasteiger partial charge in [0.15, 0.2) is 11.5 Å².